The second-order valence-corrected chi connectivity index (χ2v) is 36.7. The van der Waals surface area contributed by atoms with E-state index in [9.17, 15) is 5.11 Å². The third kappa shape index (κ3) is 27.3. The number of fused-ring (bicyclic) bond motifs is 1. The molecule has 1 atom stereocenters. The van der Waals surface area contributed by atoms with Crippen molar-refractivity contribution in [3.8, 4) is 11.1 Å². The molecule has 0 saturated carbocycles. The van der Waals surface area contributed by atoms with Gasteiger partial charge in [-0.2, -0.15) is 9.97 Å². The molecule has 0 amide bonds. The van der Waals surface area contributed by atoms with Crippen LogP contribution in [0.25, 0.3) is 22.3 Å². The molecule has 17 rings (SSSR count). The fourth-order valence-electron chi connectivity index (χ4n) is 13.1. The Morgan fingerprint density at radius 3 is 0.901 bits per heavy atom. The fraction of sp³-hybridized carbons (Fsp3) is 0.0777. The van der Waals surface area contributed by atoms with Crippen molar-refractivity contribution in [3.05, 3.63) is 449 Å². The van der Waals surface area contributed by atoms with Crippen LogP contribution in [0.5, 0.6) is 0 Å². The number of rotatable bonds is 22. The van der Waals surface area contributed by atoms with Crippen LogP contribution in [-0.2, 0) is 27.0 Å². The van der Waals surface area contributed by atoms with E-state index in [4.69, 9.17) is 21.5 Å². The molecule has 17 aromatic rings. The van der Waals surface area contributed by atoms with Crippen LogP contribution in [-0.4, -0.2) is 54.4 Å². The Kier molecular flexibility index (Phi) is 37.6. The van der Waals surface area contributed by atoms with Crippen LogP contribution in [0.15, 0.2) is 443 Å². The van der Waals surface area contributed by atoms with Crippen LogP contribution in [0.4, 0.5) is 23.1 Å². The van der Waals surface area contributed by atoms with Gasteiger partial charge in [0, 0.05) is 44.4 Å². The van der Waals surface area contributed by atoms with Crippen molar-refractivity contribution in [2.45, 2.75) is 45.8 Å². The van der Waals surface area contributed by atoms with Crippen LogP contribution in [0.3, 0.4) is 0 Å². The molecular formula is C103H100BClN8O3P4Pd. The number of anilines is 4. The predicted molar refractivity (Wildman–Crippen MR) is 523 cm³/mol. The summed E-state index contributed by atoms with van der Waals surface area (Å²) < 4.78 is 2.02. The number of nitrogens with two attached hydrogens (primary N) is 2. The zero-order chi connectivity index (χ0) is 82.6. The van der Waals surface area contributed by atoms with Crippen LogP contribution in [0.2, 0.25) is 0 Å². The Balaban J connectivity index is 0.000000156. The van der Waals surface area contributed by atoms with Crippen molar-refractivity contribution in [1.82, 2.24) is 19.5 Å². The Hall–Kier alpha value is -11.3. The minimum absolute atomic E-state index is 0. The van der Waals surface area contributed by atoms with Crippen LogP contribution in [0, 0.1) is 0 Å². The van der Waals surface area contributed by atoms with Crippen LogP contribution < -0.4 is 91.2 Å². The van der Waals surface area contributed by atoms with E-state index in [1.54, 1.807) is 24.5 Å². The fourth-order valence-corrected chi connectivity index (χ4v) is 22.3. The summed E-state index contributed by atoms with van der Waals surface area (Å²) in [6.45, 7) is 6.80. The monoisotopic (exact) mass is 1770 g/mol. The van der Waals surface area contributed by atoms with Gasteiger partial charge < -0.3 is 41.8 Å². The number of hydrogen-bond donors (Lipinski definition) is 7. The Morgan fingerprint density at radius 1 is 0.364 bits per heavy atom. The average molecular weight is 1770 g/mol. The number of imidazole rings is 1. The van der Waals surface area contributed by atoms with E-state index in [1.807, 2.05) is 29.7 Å². The first-order chi connectivity index (χ1) is 58.5. The molecule has 0 spiro atoms. The molecule has 121 heavy (non-hydrogen) atoms. The quantitative estimate of drug-likeness (QED) is 0.0196. The van der Waals surface area contributed by atoms with Crippen molar-refractivity contribution in [2.75, 3.05) is 28.7 Å². The average Bonchev–Trinajstić information content (AvgIpc) is 1.65. The van der Waals surface area contributed by atoms with Gasteiger partial charge in [-0.1, -0.05) is 419 Å². The number of nitrogens with one attached hydrogen (secondary N) is 2. The maximum atomic E-state index is 9.59. The van der Waals surface area contributed by atoms with Crippen LogP contribution >= 0.6 is 44.1 Å². The number of hydrogen-bond acceptors (Lipinski definition) is 10. The molecule has 11 nitrogen and oxygen atoms in total. The summed E-state index contributed by atoms with van der Waals surface area (Å²) in [5, 5.41) is 50.3. The Bertz CT molecular complexity index is 4890. The van der Waals surface area contributed by atoms with Crippen LogP contribution in [0.1, 0.15) is 38.8 Å². The SMILES string of the molecule is CC[C@H](CO)Nc1nc(NCc2ccc(-c3cccc(N)c3)cc2)c2ncn(C(C)C)c2n1.Cl.Nc1cccc(B(O)O)c1.[Pd].c1ccc(P(c2ccccc2)c2ccccc2)cc1.c1ccc(P(c2ccccc2)c2ccccc2)cc1.c1ccc(P(c2ccccc2)c2ccccc2)cc1.c1ccc(P(c2ccccc2)c2ccccc2)cc1. The van der Waals surface area contributed by atoms with E-state index in [0.29, 0.717) is 29.5 Å². The molecule has 0 bridgehead atoms. The zero-order valence-electron chi connectivity index (χ0n) is 67.8. The smallest absolute Gasteiger partial charge is 0.423 e. The summed E-state index contributed by atoms with van der Waals surface area (Å²) in [6.07, 6.45) is 2.56. The van der Waals surface area contributed by atoms with Gasteiger partial charge in [0.25, 0.3) is 0 Å². The summed E-state index contributed by atoms with van der Waals surface area (Å²) >= 11 is 0. The standard InChI is InChI=1S/C25H31N7O.4C18H15P.C6H8BNO2.ClH.Pd/c1-4-21(14-33)29-25-30-23(22-24(31-25)32(15-28-22)16(2)3)27-13-17-8-10-18(11-9-17)19-6-5-7-20(26)12-19;4*1-4-10-16(11-5-1)19(17-12-6-2-7-13-17)18-14-8-3-9-15-18;8-6-3-1-2-5(4-6)7(9)10;;/h5-12,15-16,21,33H,4,13-14,26H2,1-3H3,(H2,27,29,30,31);4*1-15H;1-4,9-10H,8H2;1H;/t21-;;;;;;;/m1......./s1. The van der Waals surface area contributed by atoms with Crippen molar-refractivity contribution < 1.29 is 35.6 Å². The molecule has 0 fully saturated rings. The maximum absolute atomic E-state index is 9.59. The van der Waals surface area contributed by atoms with Gasteiger partial charge >= 0.3 is 7.12 Å². The molecule has 2 heterocycles. The van der Waals surface area contributed by atoms with E-state index < -0.39 is 38.8 Å². The van der Waals surface area contributed by atoms with Gasteiger partial charge in [0.15, 0.2) is 17.0 Å². The van der Waals surface area contributed by atoms with Crippen molar-refractivity contribution in [2.24, 2.45) is 0 Å². The number of aliphatic hydroxyl groups excluding tert-OH is 1. The molecule has 0 aliphatic carbocycles. The molecule has 0 unspecified atom stereocenters. The summed E-state index contributed by atoms with van der Waals surface area (Å²) in [6, 6.07) is 152. The number of aromatic nitrogens is 4. The number of benzene rings is 15. The molecule has 0 radical (unpaired) electrons. The van der Waals surface area contributed by atoms with Gasteiger partial charge in [-0.05, 0) is 162 Å². The second kappa shape index (κ2) is 49.4. The molecule has 9 N–H and O–H groups in total. The zero-order valence-corrected chi connectivity index (χ0v) is 73.7. The van der Waals surface area contributed by atoms with Gasteiger partial charge in [0.05, 0.1) is 19.0 Å². The molecule has 0 aliphatic rings. The van der Waals surface area contributed by atoms with E-state index in [-0.39, 0.29) is 51.5 Å². The van der Waals surface area contributed by atoms with Crippen molar-refractivity contribution >= 4 is 155 Å². The van der Waals surface area contributed by atoms with E-state index >= 15 is 0 Å². The van der Waals surface area contributed by atoms with Gasteiger partial charge in [0.2, 0.25) is 5.95 Å². The van der Waals surface area contributed by atoms with E-state index in [1.165, 1.54) is 69.7 Å². The van der Waals surface area contributed by atoms with Crippen molar-refractivity contribution in [3.63, 3.8) is 0 Å². The molecule has 18 heteroatoms. The third-order valence-corrected chi connectivity index (χ3v) is 28.8. The first-order valence-corrected chi connectivity index (χ1v) is 45.2. The molecule has 0 aliphatic heterocycles. The first kappa shape index (κ1) is 92.0. The third-order valence-electron chi connectivity index (χ3n) is 19.0. The van der Waals surface area contributed by atoms with Crippen molar-refractivity contribution in [1.29, 1.82) is 0 Å². The van der Waals surface area contributed by atoms with Gasteiger partial charge in [-0.15, -0.1) is 12.4 Å². The molecule has 2 aromatic heterocycles. The number of halogens is 1. The van der Waals surface area contributed by atoms with E-state index in [0.717, 1.165) is 40.0 Å². The number of nitrogen functional groups attached to an aromatic ring is 2. The second-order valence-electron chi connectivity index (χ2n) is 27.8. The largest absolute Gasteiger partial charge is 0.488 e. The molecule has 610 valence electrons. The minimum Gasteiger partial charge on any atom is -0.423 e. The maximum Gasteiger partial charge on any atom is 0.488 e. The normalized spacial score (nSPS) is 10.8. The first-order valence-electron chi connectivity index (χ1n) is 39.8. The summed E-state index contributed by atoms with van der Waals surface area (Å²) in [5.41, 5.74) is 17.8. The topological polar surface area (TPSA) is 180 Å². The molecule has 0 saturated heterocycles. The molecular weight excluding hydrogens is 1670 g/mol. The number of aliphatic hydroxyl groups is 1. The van der Waals surface area contributed by atoms with Gasteiger partial charge in [0.1, 0.15) is 0 Å². The number of nitrogens with zero attached hydrogens (tertiary/aromatic N) is 4. The minimum atomic E-state index is -1.43. The Morgan fingerprint density at radius 2 is 0.653 bits per heavy atom. The van der Waals surface area contributed by atoms with Gasteiger partial charge in [-0.25, -0.2) is 4.98 Å². The molecule has 15 aromatic carbocycles. The summed E-state index contributed by atoms with van der Waals surface area (Å²) in [5.74, 6) is 1.14. The summed E-state index contributed by atoms with van der Waals surface area (Å²) in [7, 11) is -3.21. The van der Waals surface area contributed by atoms with Gasteiger partial charge in [-0.3, -0.25) is 0 Å². The Labute approximate surface area is 738 Å². The summed E-state index contributed by atoms with van der Waals surface area (Å²) in [4.78, 5) is 13.9. The van der Waals surface area contributed by atoms with E-state index in [2.05, 4.69) is 434 Å². The predicted octanol–water partition coefficient (Wildman–Crippen LogP) is 17.6.